The molecular formula is C22H13ClS. The first-order valence-electron chi connectivity index (χ1n) is 7.89. The van der Waals surface area contributed by atoms with Crippen LogP contribution in [0.2, 0.25) is 5.02 Å². The van der Waals surface area contributed by atoms with Gasteiger partial charge in [-0.3, -0.25) is 0 Å². The highest BCUT2D eigenvalue weighted by Crippen LogP contribution is 2.39. The van der Waals surface area contributed by atoms with E-state index < -0.39 is 0 Å². The molecule has 0 nitrogen and oxygen atoms in total. The van der Waals surface area contributed by atoms with Crippen molar-refractivity contribution in [3.63, 3.8) is 0 Å². The van der Waals surface area contributed by atoms with E-state index in [0.717, 1.165) is 5.02 Å². The number of halogens is 1. The second-order valence-electron chi connectivity index (χ2n) is 5.98. The van der Waals surface area contributed by atoms with Crippen molar-refractivity contribution in [2.24, 2.45) is 0 Å². The Hall–Kier alpha value is -2.35. The Kier molecular flexibility index (Phi) is 3.12. The largest absolute Gasteiger partial charge is 0.135 e. The van der Waals surface area contributed by atoms with Gasteiger partial charge in [0.05, 0.1) is 0 Å². The summed E-state index contributed by atoms with van der Waals surface area (Å²) in [6.07, 6.45) is 0. The van der Waals surface area contributed by atoms with Crippen LogP contribution < -0.4 is 0 Å². The number of thiophene rings is 1. The van der Waals surface area contributed by atoms with Crippen LogP contribution in [0.5, 0.6) is 0 Å². The second kappa shape index (κ2) is 5.34. The third-order valence-corrected chi connectivity index (χ3v) is 5.99. The molecule has 0 amide bonds. The molecule has 0 unspecified atom stereocenters. The molecule has 0 fully saturated rings. The zero-order valence-corrected chi connectivity index (χ0v) is 14.4. The highest BCUT2D eigenvalue weighted by Gasteiger charge is 2.09. The lowest BCUT2D eigenvalue weighted by atomic mass is 10.0. The predicted octanol–water partition coefficient (Wildman–Crippen LogP) is 7.53. The Morgan fingerprint density at radius 1 is 0.625 bits per heavy atom. The number of rotatable bonds is 1. The third kappa shape index (κ3) is 2.13. The van der Waals surface area contributed by atoms with Gasteiger partial charge in [-0.25, -0.2) is 0 Å². The van der Waals surface area contributed by atoms with Crippen molar-refractivity contribution < 1.29 is 0 Å². The first-order valence-corrected chi connectivity index (χ1v) is 9.09. The van der Waals surface area contributed by atoms with Gasteiger partial charge in [0.1, 0.15) is 0 Å². The summed E-state index contributed by atoms with van der Waals surface area (Å²) < 4.78 is 2.70. The highest BCUT2D eigenvalue weighted by atomic mass is 35.5. The normalized spacial score (nSPS) is 11.5. The maximum Gasteiger partial charge on any atom is 0.0433 e. The average molecular weight is 345 g/mol. The minimum atomic E-state index is 0.771. The van der Waals surface area contributed by atoms with Gasteiger partial charge < -0.3 is 0 Å². The van der Waals surface area contributed by atoms with E-state index in [-0.39, 0.29) is 0 Å². The van der Waals surface area contributed by atoms with Gasteiger partial charge in [0.15, 0.2) is 0 Å². The molecule has 0 N–H and O–H groups in total. The molecule has 0 saturated heterocycles. The summed E-state index contributed by atoms with van der Waals surface area (Å²) in [6.45, 7) is 0. The first kappa shape index (κ1) is 14.0. The van der Waals surface area contributed by atoms with Gasteiger partial charge in [0.2, 0.25) is 0 Å². The molecular weight excluding hydrogens is 332 g/mol. The molecule has 0 aliphatic rings. The van der Waals surface area contributed by atoms with Crippen LogP contribution in [-0.2, 0) is 0 Å². The Morgan fingerprint density at radius 3 is 2.25 bits per heavy atom. The number of fused-ring (bicyclic) bond motifs is 5. The number of benzene rings is 4. The Balaban J connectivity index is 1.79. The van der Waals surface area contributed by atoms with Crippen molar-refractivity contribution >= 4 is 53.9 Å². The van der Waals surface area contributed by atoms with E-state index in [0.29, 0.717) is 0 Å². The van der Waals surface area contributed by atoms with E-state index in [2.05, 4.69) is 66.7 Å². The average Bonchev–Trinajstić information content (AvgIpc) is 3.00. The molecule has 0 radical (unpaired) electrons. The molecule has 0 aliphatic heterocycles. The van der Waals surface area contributed by atoms with Crippen LogP contribution in [0, 0.1) is 0 Å². The minimum Gasteiger partial charge on any atom is -0.135 e. The van der Waals surface area contributed by atoms with E-state index in [1.165, 1.54) is 42.1 Å². The number of hydrogen-bond acceptors (Lipinski definition) is 1. The fourth-order valence-electron chi connectivity index (χ4n) is 3.33. The van der Waals surface area contributed by atoms with Gasteiger partial charge in [0, 0.05) is 25.2 Å². The van der Waals surface area contributed by atoms with Crippen LogP contribution in [0.3, 0.4) is 0 Å². The monoisotopic (exact) mass is 344 g/mol. The van der Waals surface area contributed by atoms with Gasteiger partial charge in [-0.2, -0.15) is 0 Å². The highest BCUT2D eigenvalue weighted by molar-refractivity contribution is 7.26. The standard InChI is InChI=1S/C22H13ClS/c23-17-9-5-14(6-10-17)16-8-11-19-20-12-7-15-3-1-2-4-18(15)22(20)24-21(19)13-16/h1-13H. The molecule has 1 aromatic heterocycles. The molecule has 1 heterocycles. The molecule has 24 heavy (non-hydrogen) atoms. The topological polar surface area (TPSA) is 0 Å². The lowest BCUT2D eigenvalue weighted by Crippen LogP contribution is -1.77. The van der Waals surface area contributed by atoms with Gasteiger partial charge >= 0.3 is 0 Å². The summed E-state index contributed by atoms with van der Waals surface area (Å²) in [4.78, 5) is 0. The molecule has 0 spiro atoms. The fourth-order valence-corrected chi connectivity index (χ4v) is 4.73. The quantitative estimate of drug-likeness (QED) is 0.295. The van der Waals surface area contributed by atoms with E-state index in [4.69, 9.17) is 11.6 Å². The molecule has 5 aromatic rings. The summed E-state index contributed by atoms with van der Waals surface area (Å²) in [5.41, 5.74) is 2.43. The maximum absolute atomic E-state index is 6.01. The van der Waals surface area contributed by atoms with Crippen molar-refractivity contribution in [3.05, 3.63) is 83.9 Å². The van der Waals surface area contributed by atoms with Crippen molar-refractivity contribution in [2.75, 3.05) is 0 Å². The van der Waals surface area contributed by atoms with Crippen LogP contribution in [0.15, 0.2) is 78.9 Å². The van der Waals surface area contributed by atoms with Crippen LogP contribution >= 0.6 is 22.9 Å². The smallest absolute Gasteiger partial charge is 0.0433 e. The van der Waals surface area contributed by atoms with Crippen molar-refractivity contribution in [1.82, 2.24) is 0 Å². The molecule has 4 aromatic carbocycles. The lowest BCUT2D eigenvalue weighted by Gasteiger charge is -2.02. The minimum absolute atomic E-state index is 0.771. The Labute approximate surface area is 148 Å². The van der Waals surface area contributed by atoms with Crippen LogP contribution in [0.4, 0.5) is 0 Å². The molecule has 0 bridgehead atoms. The Bertz CT molecular complexity index is 1200. The van der Waals surface area contributed by atoms with Crippen LogP contribution in [0.1, 0.15) is 0 Å². The second-order valence-corrected chi connectivity index (χ2v) is 7.47. The van der Waals surface area contributed by atoms with E-state index in [1.54, 1.807) is 0 Å². The molecule has 0 atom stereocenters. The van der Waals surface area contributed by atoms with Gasteiger partial charge in [-0.15, -0.1) is 11.3 Å². The van der Waals surface area contributed by atoms with Crippen LogP contribution in [0.25, 0.3) is 42.1 Å². The van der Waals surface area contributed by atoms with E-state index in [1.807, 2.05) is 23.5 Å². The summed E-state index contributed by atoms with van der Waals surface area (Å²) in [7, 11) is 0. The lowest BCUT2D eigenvalue weighted by molar-refractivity contribution is 1.66. The molecule has 0 aliphatic carbocycles. The van der Waals surface area contributed by atoms with Crippen molar-refractivity contribution in [3.8, 4) is 11.1 Å². The zero-order chi connectivity index (χ0) is 16.1. The van der Waals surface area contributed by atoms with Crippen LogP contribution in [-0.4, -0.2) is 0 Å². The van der Waals surface area contributed by atoms with E-state index in [9.17, 15) is 0 Å². The summed E-state index contributed by atoms with van der Waals surface area (Å²) >= 11 is 7.88. The summed E-state index contributed by atoms with van der Waals surface area (Å²) in [5.74, 6) is 0. The Morgan fingerprint density at radius 2 is 1.38 bits per heavy atom. The zero-order valence-electron chi connectivity index (χ0n) is 12.8. The molecule has 0 saturated carbocycles. The predicted molar refractivity (Wildman–Crippen MR) is 107 cm³/mol. The van der Waals surface area contributed by atoms with Gasteiger partial charge in [0.25, 0.3) is 0 Å². The van der Waals surface area contributed by atoms with Gasteiger partial charge in [-0.1, -0.05) is 72.3 Å². The summed E-state index contributed by atoms with van der Waals surface area (Å²) in [5, 5.41) is 6.08. The first-order chi connectivity index (χ1) is 11.8. The molecule has 2 heteroatoms. The van der Waals surface area contributed by atoms with Crippen molar-refractivity contribution in [1.29, 1.82) is 0 Å². The fraction of sp³-hybridized carbons (Fsp3) is 0. The molecule has 5 rings (SSSR count). The third-order valence-electron chi connectivity index (χ3n) is 4.54. The van der Waals surface area contributed by atoms with E-state index >= 15 is 0 Å². The SMILES string of the molecule is Clc1ccc(-c2ccc3c(c2)sc2c4ccccc4ccc32)cc1. The number of hydrogen-bond donors (Lipinski definition) is 0. The summed E-state index contributed by atoms with van der Waals surface area (Å²) in [6, 6.07) is 27.8. The maximum atomic E-state index is 6.01. The van der Waals surface area contributed by atoms with Gasteiger partial charge in [-0.05, 0) is 40.1 Å². The van der Waals surface area contributed by atoms with Crippen molar-refractivity contribution in [2.45, 2.75) is 0 Å². The molecule has 114 valence electrons.